The number of phosphoric ester groups is 2. The molecule has 0 radical (unpaired) electrons. The van der Waals surface area contributed by atoms with Gasteiger partial charge in [-0.25, -0.2) is 4.31 Å². The number of aromatic nitrogens is 2. The molecule has 2 unspecified atom stereocenters. The van der Waals surface area contributed by atoms with Crippen molar-refractivity contribution in [1.82, 2.24) is 9.97 Å². The molecule has 0 bridgehead atoms. The second-order valence-corrected chi connectivity index (χ2v) is 11.3. The Morgan fingerprint density at radius 1 is 0.758 bits per heavy atom. The number of nitrogens with one attached hydrogen (secondary N) is 2. The number of aromatic amines is 2. The van der Waals surface area contributed by atoms with E-state index in [2.05, 4.69) is 46.1 Å². The number of halogens is 4. The molecule has 33 heavy (non-hydrogen) atoms. The van der Waals surface area contributed by atoms with E-state index < -0.39 is 15.6 Å². The molecule has 0 amide bonds. The van der Waals surface area contributed by atoms with Crippen LogP contribution in [0.4, 0.5) is 0 Å². The van der Waals surface area contributed by atoms with E-state index in [1.54, 1.807) is 24.3 Å². The van der Waals surface area contributed by atoms with E-state index in [0.717, 1.165) is 0 Å². The van der Waals surface area contributed by atoms with Crippen LogP contribution in [0.1, 0.15) is 0 Å². The van der Waals surface area contributed by atoms with Gasteiger partial charge in [-0.3, -0.25) is 9.13 Å². The molecule has 164 valence electrons. The van der Waals surface area contributed by atoms with Crippen molar-refractivity contribution < 1.29 is 91.4 Å². The second kappa shape index (κ2) is 11.6. The van der Waals surface area contributed by atoms with Crippen LogP contribution in [0.5, 0.6) is 11.5 Å². The molecule has 2 N–H and O–H groups in total. The normalized spacial score (nSPS) is 14.7. The van der Waals surface area contributed by atoms with Crippen LogP contribution in [0.2, 0.25) is 10.0 Å². The van der Waals surface area contributed by atoms with Gasteiger partial charge in [0.1, 0.15) is 0 Å². The Morgan fingerprint density at radius 2 is 1.12 bits per heavy atom. The van der Waals surface area contributed by atoms with Crippen LogP contribution in [-0.4, -0.2) is 9.97 Å². The fourth-order valence-electron chi connectivity index (χ4n) is 2.80. The van der Waals surface area contributed by atoms with E-state index in [-0.39, 0.29) is 91.4 Å². The van der Waals surface area contributed by atoms with Crippen molar-refractivity contribution in [2.24, 2.45) is 0 Å². The number of hydrogen-bond donors (Lipinski definition) is 2. The number of H-pyrrole nitrogens is 2. The molecule has 9 nitrogen and oxygen atoms in total. The van der Waals surface area contributed by atoms with Crippen molar-refractivity contribution in [2.75, 3.05) is 0 Å². The van der Waals surface area contributed by atoms with E-state index in [0.29, 0.717) is 20.0 Å². The van der Waals surface area contributed by atoms with Crippen LogP contribution in [0, 0.1) is 0 Å². The monoisotopic (exact) mass is 676 g/mol. The Bertz CT molecular complexity index is 1330. The maximum atomic E-state index is 12.3. The molecule has 17 heteroatoms. The first-order valence-corrected chi connectivity index (χ1v) is 13.4. The number of benzene rings is 2. The summed E-state index contributed by atoms with van der Waals surface area (Å²) in [4.78, 5) is 30.1. The van der Waals surface area contributed by atoms with Crippen LogP contribution < -0.4 is 77.9 Å². The summed E-state index contributed by atoms with van der Waals surface area (Å²) < 4.78 is 39.4. The third kappa shape index (κ3) is 6.66. The first-order chi connectivity index (χ1) is 14.5. The number of hydrogen-bond acceptors (Lipinski definition) is 7. The van der Waals surface area contributed by atoms with Crippen molar-refractivity contribution in [3.63, 3.8) is 0 Å². The number of rotatable bonds is 6. The summed E-state index contributed by atoms with van der Waals surface area (Å²) in [5.74, 6) is -0.502. The predicted octanol–water partition coefficient (Wildman–Crippen LogP) is -0.0998. The third-order valence-electron chi connectivity index (χ3n) is 4.02. The number of fused-ring (bicyclic) bond motifs is 2. The van der Waals surface area contributed by atoms with E-state index in [9.17, 15) is 18.9 Å². The molecule has 2 atom stereocenters. The van der Waals surface area contributed by atoms with Crippen molar-refractivity contribution >= 4 is 92.5 Å². The fraction of sp³-hybridized carbons (Fsp3) is 0. The van der Waals surface area contributed by atoms with Gasteiger partial charge in [-0.15, -0.1) is 0 Å². The SMILES string of the molecule is O=P([O-])(Oc1c[nH]c2ccc(Br)c(Cl)c12)OP(=O)([O-])Oc1c[nH]c2ccc(Br)c(Cl)c12.[Na+].[Na+]. The maximum absolute atomic E-state index is 12.3. The van der Waals surface area contributed by atoms with Crippen LogP contribution >= 0.6 is 70.7 Å². The Labute approximate surface area is 257 Å². The average Bonchev–Trinajstić information content (AvgIpc) is 3.24. The molecule has 0 fully saturated rings. The second-order valence-electron chi connectivity index (χ2n) is 6.03. The van der Waals surface area contributed by atoms with Gasteiger partial charge in [0.2, 0.25) is 0 Å². The first kappa shape index (κ1) is 30.2. The van der Waals surface area contributed by atoms with E-state index >= 15 is 0 Å². The van der Waals surface area contributed by atoms with E-state index in [1.165, 1.54) is 12.4 Å². The Hall–Kier alpha value is 1.00. The van der Waals surface area contributed by atoms with Gasteiger partial charge in [-0.2, -0.15) is 0 Å². The molecule has 0 spiro atoms. The van der Waals surface area contributed by atoms with Crippen LogP contribution in [0.25, 0.3) is 21.8 Å². The minimum Gasteiger partial charge on any atom is -0.746 e. The minimum atomic E-state index is -5.44. The minimum absolute atomic E-state index is 0. The van der Waals surface area contributed by atoms with Crippen LogP contribution in [0.15, 0.2) is 45.6 Å². The number of phosphoric acid groups is 2. The fourth-order valence-corrected chi connectivity index (χ4v) is 5.99. The topological polar surface area (TPSA) is 140 Å². The molecule has 4 aromatic rings. The molecular formula is C16H8Br2Cl2N2Na2O7P2. The molecule has 2 heterocycles. The summed E-state index contributed by atoms with van der Waals surface area (Å²) in [7, 11) is -10.9. The maximum Gasteiger partial charge on any atom is 1.00 e. The van der Waals surface area contributed by atoms with Gasteiger partial charge in [0, 0.05) is 21.3 Å². The van der Waals surface area contributed by atoms with Gasteiger partial charge in [0.05, 0.1) is 31.9 Å². The molecule has 0 saturated carbocycles. The predicted molar refractivity (Wildman–Crippen MR) is 120 cm³/mol. The van der Waals surface area contributed by atoms with Gasteiger partial charge >= 0.3 is 74.8 Å². The zero-order valence-corrected chi connectivity index (χ0v) is 27.2. The van der Waals surface area contributed by atoms with Gasteiger partial charge in [-0.1, -0.05) is 23.2 Å². The van der Waals surface area contributed by atoms with Crippen LogP contribution in [-0.2, 0) is 13.4 Å². The molecule has 0 aliphatic rings. The van der Waals surface area contributed by atoms with Gasteiger partial charge in [-0.05, 0) is 56.1 Å². The molecule has 2 aromatic heterocycles. The van der Waals surface area contributed by atoms with Crippen molar-refractivity contribution in [2.45, 2.75) is 0 Å². The van der Waals surface area contributed by atoms with Crippen molar-refractivity contribution in [3.05, 3.63) is 55.6 Å². The van der Waals surface area contributed by atoms with Gasteiger partial charge in [0.15, 0.2) is 11.5 Å². The molecular weight excluding hydrogens is 671 g/mol. The summed E-state index contributed by atoms with van der Waals surface area (Å²) in [5, 5.41) is 0.750. The summed E-state index contributed by atoms with van der Waals surface area (Å²) in [6.07, 6.45) is 2.40. The molecule has 2 aromatic carbocycles. The van der Waals surface area contributed by atoms with E-state index in [1.807, 2.05) is 0 Å². The van der Waals surface area contributed by atoms with Gasteiger partial charge in [0.25, 0.3) is 0 Å². The first-order valence-electron chi connectivity index (χ1n) is 8.10. The summed E-state index contributed by atoms with van der Waals surface area (Å²) in [6, 6.07) is 6.52. The van der Waals surface area contributed by atoms with Gasteiger partial charge < -0.3 is 28.8 Å². The zero-order chi connectivity index (χ0) is 22.6. The van der Waals surface area contributed by atoms with E-state index in [4.69, 9.17) is 32.2 Å². The van der Waals surface area contributed by atoms with Crippen LogP contribution in [0.3, 0.4) is 0 Å². The standard InChI is InChI=1S/C16H10Br2Cl2N2O7P2.2Na/c17-7-1-3-9-13(15(7)19)11(5-21-9)27-30(23,24)29-31(25,26)28-12-6-22-10-4-2-8(18)16(20)14(10)12;;/h1-6,21-22H,(H,23,24)(H,25,26);;/q;2*+1/p-2. The third-order valence-corrected chi connectivity index (χ3v) is 9.02. The molecule has 0 aliphatic carbocycles. The summed E-state index contributed by atoms with van der Waals surface area (Å²) in [6.45, 7) is 0. The molecule has 0 aliphatic heterocycles. The van der Waals surface area contributed by atoms with Crippen molar-refractivity contribution in [3.8, 4) is 11.5 Å². The average molecular weight is 679 g/mol. The summed E-state index contributed by atoms with van der Waals surface area (Å²) >= 11 is 18.8. The quantitative estimate of drug-likeness (QED) is 0.215. The van der Waals surface area contributed by atoms with Crippen molar-refractivity contribution in [1.29, 1.82) is 0 Å². The molecule has 4 rings (SSSR count). The Balaban J connectivity index is 0.00000193. The largest absolute Gasteiger partial charge is 1.00 e. The summed E-state index contributed by atoms with van der Waals surface area (Å²) in [5.41, 5.74) is 0.924. The molecule has 0 saturated heterocycles. The Morgan fingerprint density at radius 3 is 1.48 bits per heavy atom. The zero-order valence-electron chi connectivity index (χ0n) is 16.7. The smallest absolute Gasteiger partial charge is 0.746 e. The Kier molecular flexibility index (Phi) is 10.6.